The summed E-state index contributed by atoms with van der Waals surface area (Å²) in [6.45, 7) is 5.56. The topological polar surface area (TPSA) is 54.4 Å². The number of pyridine rings is 1. The molecule has 106 valence electrons. The van der Waals surface area contributed by atoms with Gasteiger partial charge in [-0.05, 0) is 30.2 Å². The molecule has 1 aromatic carbocycles. The van der Waals surface area contributed by atoms with Crippen LogP contribution in [-0.4, -0.2) is 16.7 Å². The highest BCUT2D eigenvalue weighted by atomic mass is 16.5. The van der Waals surface area contributed by atoms with Gasteiger partial charge in [0.25, 0.3) is 0 Å². The van der Waals surface area contributed by atoms with Crippen molar-refractivity contribution in [3.8, 4) is 11.5 Å². The van der Waals surface area contributed by atoms with Gasteiger partial charge in [0.05, 0.1) is 25.0 Å². The van der Waals surface area contributed by atoms with Crippen molar-refractivity contribution in [1.29, 1.82) is 0 Å². The van der Waals surface area contributed by atoms with Gasteiger partial charge in [-0.3, -0.25) is 4.98 Å². The van der Waals surface area contributed by atoms with Crippen LogP contribution >= 0.6 is 0 Å². The van der Waals surface area contributed by atoms with E-state index in [9.17, 15) is 5.11 Å². The molecule has 2 rings (SSSR count). The van der Waals surface area contributed by atoms with Gasteiger partial charge in [0.15, 0.2) is 0 Å². The third-order valence-corrected chi connectivity index (χ3v) is 2.70. The van der Waals surface area contributed by atoms with E-state index < -0.39 is 0 Å². The predicted molar refractivity (Wildman–Crippen MR) is 80.0 cm³/mol. The van der Waals surface area contributed by atoms with Crippen LogP contribution in [-0.2, 0) is 6.54 Å². The van der Waals surface area contributed by atoms with Crippen molar-refractivity contribution in [3.05, 3.63) is 48.3 Å². The van der Waals surface area contributed by atoms with Crippen molar-refractivity contribution < 1.29 is 9.84 Å². The Kier molecular flexibility index (Phi) is 4.82. The Bertz CT molecular complexity index is 538. The minimum Gasteiger partial charge on any atom is -0.506 e. The first-order valence-corrected chi connectivity index (χ1v) is 6.74. The zero-order valence-electron chi connectivity index (χ0n) is 11.8. The number of nitrogens with zero attached hydrogens (tertiary/aromatic N) is 1. The van der Waals surface area contributed by atoms with Crippen LogP contribution in [0.1, 0.15) is 19.5 Å². The number of rotatable bonds is 6. The number of hydrogen-bond donors (Lipinski definition) is 2. The normalized spacial score (nSPS) is 10.6. The van der Waals surface area contributed by atoms with Crippen LogP contribution in [0.5, 0.6) is 11.5 Å². The van der Waals surface area contributed by atoms with Crippen molar-refractivity contribution in [2.75, 3.05) is 11.9 Å². The molecule has 0 aliphatic carbocycles. The number of anilines is 1. The summed E-state index contributed by atoms with van der Waals surface area (Å²) in [7, 11) is 0. The molecule has 1 aromatic heterocycles. The van der Waals surface area contributed by atoms with Crippen molar-refractivity contribution >= 4 is 5.69 Å². The third kappa shape index (κ3) is 4.46. The maximum absolute atomic E-state index is 9.18. The van der Waals surface area contributed by atoms with Crippen LogP contribution in [0.4, 0.5) is 5.69 Å². The van der Waals surface area contributed by atoms with Gasteiger partial charge >= 0.3 is 0 Å². The molecule has 0 unspecified atom stereocenters. The number of ether oxygens (including phenoxy) is 1. The second-order valence-corrected chi connectivity index (χ2v) is 5.09. The number of aromatic hydroxyl groups is 1. The molecule has 1 heterocycles. The van der Waals surface area contributed by atoms with E-state index in [1.807, 2.05) is 24.3 Å². The quantitative estimate of drug-likeness (QED) is 0.846. The third-order valence-electron chi connectivity index (χ3n) is 2.70. The molecule has 0 amide bonds. The summed E-state index contributed by atoms with van der Waals surface area (Å²) in [4.78, 5) is 4.13. The first kappa shape index (κ1) is 14.2. The van der Waals surface area contributed by atoms with E-state index in [0.717, 1.165) is 17.1 Å². The van der Waals surface area contributed by atoms with Crippen LogP contribution in [0.25, 0.3) is 0 Å². The molecule has 0 fully saturated rings. The molecular formula is C16H20N2O2. The summed E-state index contributed by atoms with van der Waals surface area (Å²) in [6, 6.07) is 11.3. The van der Waals surface area contributed by atoms with Crippen LogP contribution < -0.4 is 10.1 Å². The smallest absolute Gasteiger partial charge is 0.133 e. The standard InChI is InChI=1S/C16H20N2O2/c1-12(2)11-20-16-5-3-4-13(8-16)17-9-14-6-7-15(19)10-18-14/h3-8,10,12,17,19H,9,11H2,1-2H3. The highest BCUT2D eigenvalue weighted by Gasteiger charge is 2.00. The molecule has 20 heavy (non-hydrogen) atoms. The van der Waals surface area contributed by atoms with Crippen molar-refractivity contribution in [3.63, 3.8) is 0 Å². The number of benzene rings is 1. The van der Waals surface area contributed by atoms with Crippen molar-refractivity contribution in [1.82, 2.24) is 4.98 Å². The summed E-state index contributed by atoms with van der Waals surface area (Å²) < 4.78 is 5.69. The maximum atomic E-state index is 9.18. The average Bonchev–Trinajstić information content (AvgIpc) is 2.45. The lowest BCUT2D eigenvalue weighted by Crippen LogP contribution is -2.05. The number of hydrogen-bond acceptors (Lipinski definition) is 4. The molecule has 0 saturated carbocycles. The molecule has 2 N–H and O–H groups in total. The minimum atomic E-state index is 0.179. The zero-order valence-corrected chi connectivity index (χ0v) is 11.8. The molecule has 2 aromatic rings. The summed E-state index contributed by atoms with van der Waals surface area (Å²) in [6.07, 6.45) is 1.44. The summed E-state index contributed by atoms with van der Waals surface area (Å²) in [5.74, 6) is 1.55. The van der Waals surface area contributed by atoms with E-state index in [2.05, 4.69) is 24.1 Å². The molecule has 0 bridgehead atoms. The lowest BCUT2D eigenvalue weighted by atomic mass is 10.2. The van der Waals surface area contributed by atoms with E-state index in [1.165, 1.54) is 6.20 Å². The van der Waals surface area contributed by atoms with Crippen molar-refractivity contribution in [2.45, 2.75) is 20.4 Å². The van der Waals surface area contributed by atoms with E-state index in [1.54, 1.807) is 12.1 Å². The first-order valence-electron chi connectivity index (χ1n) is 6.74. The lowest BCUT2D eigenvalue weighted by molar-refractivity contribution is 0.271. The number of aromatic nitrogens is 1. The van der Waals surface area contributed by atoms with Gasteiger partial charge in [0.2, 0.25) is 0 Å². The predicted octanol–water partition coefficient (Wildman–Crippen LogP) is 3.43. The molecule has 0 saturated heterocycles. The van der Waals surface area contributed by atoms with E-state index >= 15 is 0 Å². The van der Waals surface area contributed by atoms with Crippen molar-refractivity contribution in [2.24, 2.45) is 5.92 Å². The van der Waals surface area contributed by atoms with E-state index in [0.29, 0.717) is 19.1 Å². The minimum absolute atomic E-state index is 0.179. The Balaban J connectivity index is 1.92. The highest BCUT2D eigenvalue weighted by molar-refractivity contribution is 5.48. The van der Waals surface area contributed by atoms with Gasteiger partial charge in [0, 0.05) is 11.8 Å². The lowest BCUT2D eigenvalue weighted by Gasteiger charge is -2.11. The fourth-order valence-electron chi connectivity index (χ4n) is 1.67. The largest absolute Gasteiger partial charge is 0.506 e. The highest BCUT2D eigenvalue weighted by Crippen LogP contribution is 2.18. The van der Waals surface area contributed by atoms with Crippen LogP contribution in [0.3, 0.4) is 0 Å². The maximum Gasteiger partial charge on any atom is 0.133 e. The van der Waals surface area contributed by atoms with Crippen LogP contribution in [0.15, 0.2) is 42.6 Å². The fourth-order valence-corrected chi connectivity index (χ4v) is 1.67. The molecule has 0 spiro atoms. The second kappa shape index (κ2) is 6.80. The Labute approximate surface area is 119 Å². The summed E-state index contributed by atoms with van der Waals surface area (Å²) >= 11 is 0. The van der Waals surface area contributed by atoms with Gasteiger partial charge in [-0.1, -0.05) is 19.9 Å². The van der Waals surface area contributed by atoms with Gasteiger partial charge in [0.1, 0.15) is 11.5 Å². The molecule has 0 aliphatic heterocycles. The monoisotopic (exact) mass is 272 g/mol. The van der Waals surface area contributed by atoms with Gasteiger partial charge in [-0.25, -0.2) is 0 Å². The Morgan fingerprint density at radius 2 is 2.10 bits per heavy atom. The van der Waals surface area contributed by atoms with Gasteiger partial charge in [-0.15, -0.1) is 0 Å². The molecule has 0 atom stereocenters. The van der Waals surface area contributed by atoms with E-state index in [-0.39, 0.29) is 5.75 Å². The average molecular weight is 272 g/mol. The molecular weight excluding hydrogens is 252 g/mol. The molecule has 4 nitrogen and oxygen atoms in total. The summed E-state index contributed by atoms with van der Waals surface area (Å²) in [5.41, 5.74) is 1.86. The van der Waals surface area contributed by atoms with Gasteiger partial charge < -0.3 is 15.2 Å². The van der Waals surface area contributed by atoms with Crippen LogP contribution in [0.2, 0.25) is 0 Å². The number of nitrogens with one attached hydrogen (secondary N) is 1. The molecule has 0 aliphatic rings. The first-order chi connectivity index (χ1) is 9.63. The van der Waals surface area contributed by atoms with Crippen LogP contribution in [0, 0.1) is 5.92 Å². The Hall–Kier alpha value is -2.23. The SMILES string of the molecule is CC(C)COc1cccc(NCc2ccc(O)cn2)c1. The molecule has 4 heteroatoms. The summed E-state index contributed by atoms with van der Waals surface area (Å²) in [5, 5.41) is 12.5. The molecule has 0 radical (unpaired) electrons. The second-order valence-electron chi connectivity index (χ2n) is 5.09. The Morgan fingerprint density at radius 1 is 1.25 bits per heavy atom. The van der Waals surface area contributed by atoms with E-state index in [4.69, 9.17) is 4.74 Å². The van der Waals surface area contributed by atoms with Gasteiger partial charge in [-0.2, -0.15) is 0 Å². The Morgan fingerprint density at radius 3 is 2.80 bits per heavy atom. The fraction of sp³-hybridized carbons (Fsp3) is 0.312. The zero-order chi connectivity index (χ0) is 14.4.